The lowest BCUT2D eigenvalue weighted by Crippen LogP contribution is -2.55. The molecule has 3 nitrogen and oxygen atoms in total. The van der Waals surface area contributed by atoms with Crippen LogP contribution in [0.4, 0.5) is 5.69 Å². The summed E-state index contributed by atoms with van der Waals surface area (Å²) in [7, 11) is 27.5. The number of fused-ring (bicyclic) bond motifs is 1. The van der Waals surface area contributed by atoms with Crippen LogP contribution in [-0.4, -0.2) is 75.1 Å². The topological polar surface area (TPSA) is 54.7 Å². The van der Waals surface area contributed by atoms with Crippen LogP contribution < -0.4 is 5.73 Å². The van der Waals surface area contributed by atoms with Gasteiger partial charge in [-0.15, -0.1) is 0 Å². The number of nitrogens with one attached hydrogen (secondary N) is 1. The van der Waals surface area contributed by atoms with Crippen molar-refractivity contribution >= 4 is 97.4 Å². The number of benzene rings is 1. The molecule has 1 aromatic heterocycles. The van der Waals surface area contributed by atoms with E-state index in [9.17, 15) is 0 Å². The number of anilines is 1. The molecule has 0 saturated heterocycles. The van der Waals surface area contributed by atoms with E-state index in [2.05, 4.69) is 26.1 Å². The van der Waals surface area contributed by atoms with Gasteiger partial charge in [0.05, 0.1) is 5.52 Å². The van der Waals surface area contributed by atoms with E-state index in [1.165, 1.54) is 7.06 Å². The first-order valence-corrected chi connectivity index (χ1v) is 6.62. The van der Waals surface area contributed by atoms with Crippen molar-refractivity contribution in [3.63, 3.8) is 0 Å². The summed E-state index contributed by atoms with van der Waals surface area (Å²) in [5.74, 6) is 0. The molecule has 1 heterocycles. The predicted molar refractivity (Wildman–Crippen MR) is 100.0 cm³/mol. The van der Waals surface area contributed by atoms with Gasteiger partial charge in [-0.2, -0.15) is 5.10 Å². The number of aromatic amines is 1. The highest BCUT2D eigenvalue weighted by molar-refractivity contribution is 9.10. The van der Waals surface area contributed by atoms with Crippen molar-refractivity contribution in [2.75, 3.05) is 5.73 Å². The molecule has 0 aliphatic rings. The van der Waals surface area contributed by atoms with Crippen molar-refractivity contribution in [2.45, 2.75) is 0 Å². The van der Waals surface area contributed by atoms with Gasteiger partial charge in [0.1, 0.15) is 4.60 Å². The highest BCUT2D eigenvalue weighted by atomic mass is 79.9. The molecule has 11 radical (unpaired) electrons. The molecule has 1 aromatic carbocycles. The standard InChI is InChI=1S/C7H6BrN3.B9/c8-7-5-3-4(9)1-2-6(5)10-11-7;1-6-9(7(2)3)8(4)5/h1-3H,9H2,(H,10,11);. The molecule has 13 heteroatoms. The summed E-state index contributed by atoms with van der Waals surface area (Å²) in [6, 6.07) is 5.59. The van der Waals surface area contributed by atoms with Gasteiger partial charge < -0.3 is 5.73 Å². The van der Waals surface area contributed by atoms with E-state index in [-0.39, 0.29) is 6.39 Å². The van der Waals surface area contributed by atoms with Gasteiger partial charge in [-0.05, 0) is 34.1 Å². The maximum atomic E-state index is 5.59. The zero-order chi connectivity index (χ0) is 15.3. The Kier molecular flexibility index (Phi) is 7.14. The molecule has 0 aliphatic heterocycles. The highest BCUT2D eigenvalue weighted by Crippen LogP contribution is 2.22. The number of nitrogens with zero attached hydrogens (tertiary/aromatic N) is 1. The SMILES string of the molecule is Nc1ccc2n[nH]c(Br)c2c1.[B][B]B(B([B])[B])B([B])[B]. The minimum atomic E-state index is -0.574. The van der Waals surface area contributed by atoms with Crippen molar-refractivity contribution < 1.29 is 0 Å². The number of hydrogen-bond acceptors (Lipinski definition) is 2. The highest BCUT2D eigenvalue weighted by Gasteiger charge is 2.18. The number of aromatic nitrogens is 2. The molecular formula is C7H6B9BrN3. The summed E-state index contributed by atoms with van der Waals surface area (Å²) >= 11 is 3.33. The van der Waals surface area contributed by atoms with E-state index in [4.69, 9.17) is 44.4 Å². The summed E-state index contributed by atoms with van der Waals surface area (Å²) < 4.78 is 0.875. The molecule has 0 spiro atoms. The first-order chi connectivity index (χ1) is 9.36. The second-order valence-corrected chi connectivity index (χ2v) is 5.03. The zero-order valence-electron chi connectivity index (χ0n) is 10.8. The van der Waals surface area contributed by atoms with Crippen molar-refractivity contribution in [1.82, 2.24) is 10.2 Å². The van der Waals surface area contributed by atoms with Crippen LogP contribution >= 0.6 is 15.9 Å². The largest absolute Gasteiger partial charge is 0.399 e. The number of nitrogens with two attached hydrogens (primary N) is 1. The lowest BCUT2D eigenvalue weighted by atomic mass is 8.64. The van der Waals surface area contributed by atoms with Crippen LogP contribution in [0.3, 0.4) is 0 Å². The summed E-state index contributed by atoms with van der Waals surface area (Å²) in [5.41, 5.74) is 7.26. The Bertz CT molecular complexity index is 539. The second kappa shape index (κ2) is 8.11. The average Bonchev–Trinajstić information content (AvgIpc) is 2.71. The minimum Gasteiger partial charge on any atom is -0.399 e. The molecule has 2 rings (SSSR count). The third-order valence-electron chi connectivity index (χ3n) is 2.64. The fraction of sp³-hybridized carbons (Fsp3) is 0. The molecule has 3 N–H and O–H groups in total. The maximum absolute atomic E-state index is 5.59. The van der Waals surface area contributed by atoms with Crippen LogP contribution in [0.2, 0.25) is 0 Å². The molecule has 0 unspecified atom stereocenters. The van der Waals surface area contributed by atoms with Crippen molar-refractivity contribution in [1.29, 1.82) is 0 Å². The molecule has 0 saturated carbocycles. The molecule has 83 valence electrons. The van der Waals surface area contributed by atoms with Crippen molar-refractivity contribution in [3.05, 3.63) is 22.8 Å². The van der Waals surface area contributed by atoms with Gasteiger partial charge >= 0.3 is 0 Å². The summed E-state index contributed by atoms with van der Waals surface area (Å²) in [6.45, 7) is 0. The molecule has 0 bridgehead atoms. The van der Waals surface area contributed by atoms with Gasteiger partial charge in [0, 0.05) is 76.0 Å². The Hall–Kier alpha value is -0.446. The minimum absolute atomic E-state index is 0.315. The van der Waals surface area contributed by atoms with Gasteiger partial charge in [-0.25, -0.2) is 0 Å². The summed E-state index contributed by atoms with van der Waals surface area (Å²) in [4.78, 5) is 0. The lowest BCUT2D eigenvalue weighted by molar-refractivity contribution is 1.10. The van der Waals surface area contributed by atoms with E-state index in [1.807, 2.05) is 18.2 Å². The van der Waals surface area contributed by atoms with Crippen LogP contribution in [-0.2, 0) is 0 Å². The molecule has 0 amide bonds. The van der Waals surface area contributed by atoms with Gasteiger partial charge in [0.15, 0.2) is 0 Å². The third-order valence-corrected chi connectivity index (χ3v) is 3.25. The molecule has 20 heavy (non-hydrogen) atoms. The fourth-order valence-electron chi connectivity index (χ4n) is 1.51. The first-order valence-electron chi connectivity index (χ1n) is 5.83. The van der Waals surface area contributed by atoms with Gasteiger partial charge in [-0.3, -0.25) is 5.10 Å². The Morgan fingerprint density at radius 1 is 1.20 bits per heavy atom. The van der Waals surface area contributed by atoms with Crippen LogP contribution in [0.5, 0.6) is 0 Å². The van der Waals surface area contributed by atoms with Gasteiger partial charge in [0.2, 0.25) is 0 Å². The summed E-state index contributed by atoms with van der Waals surface area (Å²) in [5, 5.41) is 7.87. The van der Waals surface area contributed by atoms with E-state index in [0.29, 0.717) is 0 Å². The predicted octanol–water partition coefficient (Wildman–Crippen LogP) is -1.52. The van der Waals surface area contributed by atoms with Crippen LogP contribution in [0.1, 0.15) is 0 Å². The zero-order valence-corrected chi connectivity index (χ0v) is 12.4. The average molecular weight is 309 g/mol. The molecule has 0 fully saturated rings. The lowest BCUT2D eigenvalue weighted by Gasteiger charge is -2.17. The Morgan fingerprint density at radius 2 is 1.80 bits per heavy atom. The van der Waals surface area contributed by atoms with Crippen LogP contribution in [0.15, 0.2) is 22.8 Å². The van der Waals surface area contributed by atoms with E-state index >= 15 is 0 Å². The number of halogens is 1. The molecule has 0 aliphatic carbocycles. The monoisotopic (exact) mass is 310 g/mol. The van der Waals surface area contributed by atoms with Crippen LogP contribution in [0.25, 0.3) is 10.9 Å². The van der Waals surface area contributed by atoms with E-state index in [1.54, 1.807) is 0 Å². The first kappa shape index (κ1) is 17.6. The van der Waals surface area contributed by atoms with Crippen LogP contribution in [0, 0.1) is 0 Å². The number of nitrogen functional groups attached to an aromatic ring is 1. The fourth-order valence-corrected chi connectivity index (χ4v) is 1.92. The number of hydrogen-bond donors (Lipinski definition) is 2. The summed E-state index contributed by atoms with van der Waals surface area (Å²) in [6.07, 6.45) is -1.46. The Labute approximate surface area is 136 Å². The number of H-pyrrole nitrogens is 1. The normalized spacial score (nSPS) is 9.45. The van der Waals surface area contributed by atoms with Gasteiger partial charge in [0.25, 0.3) is 0 Å². The van der Waals surface area contributed by atoms with Crippen molar-refractivity contribution in [3.8, 4) is 0 Å². The maximum Gasteiger partial charge on any atom is 0.108 e. The quantitative estimate of drug-likeness (QED) is 0.534. The third kappa shape index (κ3) is 4.83. The molecule has 0 atom stereocenters. The van der Waals surface area contributed by atoms with E-state index < -0.39 is 12.8 Å². The van der Waals surface area contributed by atoms with Crippen molar-refractivity contribution in [2.24, 2.45) is 0 Å². The molecule has 2 aromatic rings. The van der Waals surface area contributed by atoms with E-state index in [0.717, 1.165) is 21.2 Å². The number of rotatable bonds is 3. The van der Waals surface area contributed by atoms with Gasteiger partial charge in [-0.1, -0.05) is 0 Å². The smallest absolute Gasteiger partial charge is 0.108 e. The second-order valence-electron chi connectivity index (χ2n) is 4.24. The Balaban J connectivity index is 0.000000206. The molecular weight excluding hydrogens is 303 g/mol. The Morgan fingerprint density at radius 3 is 2.25 bits per heavy atom.